The van der Waals surface area contributed by atoms with Crippen LogP contribution in [-0.2, 0) is 0 Å². The van der Waals surface area contributed by atoms with Gasteiger partial charge in [0.2, 0.25) is 0 Å². The number of nitrogens with two attached hydrogens (primary N) is 1. The number of aliphatic imine (C=N–C) groups is 1. The molecule has 0 fully saturated rings. The number of nitrogens with zero attached hydrogens (tertiary/aromatic N) is 5. The first-order valence-corrected chi connectivity index (χ1v) is 7.87. The molecule has 1 aromatic heterocycles. The number of carbonyl (C=O) groups is 1. The maximum absolute atomic E-state index is 13.3. The fourth-order valence-corrected chi connectivity index (χ4v) is 1.93. The maximum atomic E-state index is 13.3. The summed E-state index contributed by atoms with van der Waals surface area (Å²) in [5, 5.41) is 3.47. The van der Waals surface area contributed by atoms with E-state index in [0.717, 1.165) is 12.1 Å². The van der Waals surface area contributed by atoms with Crippen LogP contribution < -0.4 is 10.6 Å². The lowest BCUT2D eigenvalue weighted by atomic mass is 10.2. The first-order valence-electron chi connectivity index (χ1n) is 7.87. The minimum Gasteiger partial charge on any atom is -0.457 e. The zero-order valence-corrected chi connectivity index (χ0v) is 15.0. The average Bonchev–Trinajstić information content (AvgIpc) is 2.68. The Kier molecular flexibility index (Phi) is 7.02. The highest BCUT2D eigenvalue weighted by Gasteiger charge is 2.14. The zero-order chi connectivity index (χ0) is 20.7. The van der Waals surface area contributed by atoms with E-state index in [1.165, 1.54) is 29.4 Å². The number of hydrogen-bond acceptors (Lipinski definition) is 7. The second-order valence-corrected chi connectivity index (χ2v) is 5.60. The van der Waals surface area contributed by atoms with Crippen LogP contribution in [-0.4, -0.2) is 53.4 Å². The molecule has 0 atom stereocenters. The Morgan fingerprint density at radius 2 is 2.11 bits per heavy atom. The molecule has 0 radical (unpaired) electrons. The second-order valence-electron chi connectivity index (χ2n) is 5.60. The number of hydrogen-bond donors (Lipinski definition) is 1. The molecule has 1 heterocycles. The van der Waals surface area contributed by atoms with Crippen LogP contribution in [0.25, 0.3) is 0 Å². The molecular formula is C17H17F3N6O2. The zero-order valence-electron chi connectivity index (χ0n) is 15.0. The minimum atomic E-state index is -2.96. The van der Waals surface area contributed by atoms with Crippen molar-refractivity contribution in [1.29, 1.82) is 0 Å². The van der Waals surface area contributed by atoms with Gasteiger partial charge in [-0.15, -0.1) is 0 Å². The van der Waals surface area contributed by atoms with Crippen LogP contribution in [0.15, 0.2) is 40.6 Å². The molecule has 2 N–H and O–H groups in total. The van der Waals surface area contributed by atoms with E-state index in [0.29, 0.717) is 0 Å². The molecule has 0 aliphatic carbocycles. The number of alkyl halides is 2. The third-order valence-corrected chi connectivity index (χ3v) is 3.35. The Morgan fingerprint density at radius 1 is 1.36 bits per heavy atom. The summed E-state index contributed by atoms with van der Waals surface area (Å²) in [6.07, 6.45) is -0.427. The standard InChI is InChI=1S/C17H17F3N6O2/c1-26(2)16(27)14-5-6-22-17(24-14)28-9-11(25-21)8-23-10-3-4-13(18)12(7-10)15(19)20/h3-8,15H,9,21H2,1-2H3. The number of aromatic nitrogens is 2. The lowest BCUT2D eigenvalue weighted by Gasteiger charge is -2.10. The number of hydrazone groups is 1. The average molecular weight is 394 g/mol. The molecule has 11 heteroatoms. The maximum Gasteiger partial charge on any atom is 0.317 e. The van der Waals surface area contributed by atoms with Gasteiger partial charge in [0.25, 0.3) is 12.3 Å². The summed E-state index contributed by atoms with van der Waals surface area (Å²) in [5.41, 5.74) is -0.391. The Labute approximate surface area is 158 Å². The van der Waals surface area contributed by atoms with Gasteiger partial charge in [-0.3, -0.25) is 9.79 Å². The van der Waals surface area contributed by atoms with Gasteiger partial charge in [0.05, 0.1) is 17.5 Å². The molecule has 2 aromatic rings. The molecule has 0 spiro atoms. The van der Waals surface area contributed by atoms with E-state index >= 15 is 0 Å². The molecule has 148 valence electrons. The summed E-state index contributed by atoms with van der Waals surface area (Å²) >= 11 is 0. The van der Waals surface area contributed by atoms with Gasteiger partial charge in [-0.1, -0.05) is 0 Å². The fourth-order valence-electron chi connectivity index (χ4n) is 1.93. The normalized spacial score (nSPS) is 11.9. The SMILES string of the molecule is CN(C)C(=O)c1ccnc(OCC(C=Nc2ccc(F)c(C(F)F)c2)=NN)n1. The van der Waals surface area contributed by atoms with Crippen LogP contribution in [0.3, 0.4) is 0 Å². The summed E-state index contributed by atoms with van der Waals surface area (Å²) in [6, 6.07) is 4.40. The number of amides is 1. The van der Waals surface area contributed by atoms with E-state index < -0.39 is 17.8 Å². The molecule has 0 saturated carbocycles. The van der Waals surface area contributed by atoms with Crippen molar-refractivity contribution in [3.63, 3.8) is 0 Å². The van der Waals surface area contributed by atoms with Crippen molar-refractivity contribution >= 4 is 23.5 Å². The second kappa shape index (κ2) is 9.44. The van der Waals surface area contributed by atoms with E-state index in [9.17, 15) is 18.0 Å². The predicted molar refractivity (Wildman–Crippen MR) is 96.7 cm³/mol. The molecule has 1 amide bonds. The van der Waals surface area contributed by atoms with Crippen LogP contribution >= 0.6 is 0 Å². The molecule has 28 heavy (non-hydrogen) atoms. The highest BCUT2D eigenvalue weighted by atomic mass is 19.3. The van der Waals surface area contributed by atoms with E-state index in [4.69, 9.17) is 10.6 Å². The van der Waals surface area contributed by atoms with Gasteiger partial charge in [0.15, 0.2) is 0 Å². The summed E-state index contributed by atoms with van der Waals surface area (Å²) in [5.74, 6) is 3.91. The molecule has 0 unspecified atom stereocenters. The molecule has 1 aromatic carbocycles. The van der Waals surface area contributed by atoms with Crippen molar-refractivity contribution in [2.75, 3.05) is 20.7 Å². The Hall–Kier alpha value is -3.50. The van der Waals surface area contributed by atoms with Crippen molar-refractivity contribution in [3.8, 4) is 6.01 Å². The van der Waals surface area contributed by atoms with Crippen LogP contribution in [0.5, 0.6) is 6.01 Å². The topological polar surface area (TPSA) is 106 Å². The van der Waals surface area contributed by atoms with Crippen LogP contribution in [0.4, 0.5) is 18.9 Å². The monoisotopic (exact) mass is 394 g/mol. The molecule has 0 aliphatic rings. The number of halogens is 3. The highest BCUT2D eigenvalue weighted by molar-refractivity contribution is 6.31. The third-order valence-electron chi connectivity index (χ3n) is 3.35. The highest BCUT2D eigenvalue weighted by Crippen LogP contribution is 2.26. The molecule has 8 nitrogen and oxygen atoms in total. The van der Waals surface area contributed by atoms with Gasteiger partial charge >= 0.3 is 6.01 Å². The van der Waals surface area contributed by atoms with Crippen molar-refractivity contribution in [2.45, 2.75) is 6.43 Å². The van der Waals surface area contributed by atoms with E-state index in [2.05, 4.69) is 20.1 Å². The predicted octanol–water partition coefficient (Wildman–Crippen LogP) is 2.35. The molecule has 0 bridgehead atoms. The first kappa shape index (κ1) is 20.8. The number of rotatable bonds is 7. The molecule has 0 saturated heterocycles. The Morgan fingerprint density at radius 3 is 2.75 bits per heavy atom. The summed E-state index contributed by atoms with van der Waals surface area (Å²) in [4.78, 5) is 25.0. The lowest BCUT2D eigenvalue weighted by molar-refractivity contribution is 0.0820. The number of ether oxygens (including phenoxy) is 1. The van der Waals surface area contributed by atoms with Crippen LogP contribution in [0, 0.1) is 5.82 Å². The smallest absolute Gasteiger partial charge is 0.317 e. The summed E-state index contributed by atoms with van der Waals surface area (Å²) < 4.78 is 44.1. The van der Waals surface area contributed by atoms with Gasteiger partial charge in [0.1, 0.15) is 23.8 Å². The summed E-state index contributed by atoms with van der Waals surface area (Å²) in [6.45, 7) is -0.192. The van der Waals surface area contributed by atoms with E-state index in [-0.39, 0.29) is 35.6 Å². The third kappa shape index (κ3) is 5.50. The quantitative estimate of drug-likeness (QED) is 0.441. The van der Waals surface area contributed by atoms with Crippen molar-refractivity contribution in [3.05, 3.63) is 47.5 Å². The number of carbonyl (C=O) groups excluding carboxylic acids is 1. The van der Waals surface area contributed by atoms with Crippen molar-refractivity contribution in [2.24, 2.45) is 15.9 Å². The summed E-state index contributed by atoms with van der Waals surface area (Å²) in [7, 11) is 3.16. The van der Waals surface area contributed by atoms with E-state index in [1.54, 1.807) is 14.1 Å². The number of benzene rings is 1. The van der Waals surface area contributed by atoms with Crippen molar-refractivity contribution in [1.82, 2.24) is 14.9 Å². The van der Waals surface area contributed by atoms with Gasteiger partial charge in [-0.05, 0) is 24.3 Å². The molecule has 0 aliphatic heterocycles. The Bertz CT molecular complexity index is 902. The Balaban J connectivity index is 2.06. The minimum absolute atomic E-state index is 0.0796. The van der Waals surface area contributed by atoms with Gasteiger partial charge in [0, 0.05) is 20.3 Å². The van der Waals surface area contributed by atoms with Gasteiger partial charge < -0.3 is 15.5 Å². The van der Waals surface area contributed by atoms with Gasteiger partial charge in [-0.25, -0.2) is 18.2 Å². The molecule has 2 rings (SSSR count). The van der Waals surface area contributed by atoms with Crippen LogP contribution in [0.1, 0.15) is 22.5 Å². The largest absolute Gasteiger partial charge is 0.457 e. The van der Waals surface area contributed by atoms with Crippen LogP contribution in [0.2, 0.25) is 0 Å². The van der Waals surface area contributed by atoms with Gasteiger partial charge in [-0.2, -0.15) is 10.1 Å². The van der Waals surface area contributed by atoms with E-state index in [1.807, 2.05) is 0 Å². The first-order chi connectivity index (χ1) is 13.3. The molecular weight excluding hydrogens is 377 g/mol. The lowest BCUT2D eigenvalue weighted by Crippen LogP contribution is -2.23. The fraction of sp³-hybridized carbons (Fsp3) is 0.235. The van der Waals surface area contributed by atoms with Crippen molar-refractivity contribution < 1.29 is 22.7 Å².